The number of methoxy groups -OCH3 is 1. The van der Waals surface area contributed by atoms with E-state index in [1.54, 1.807) is 13.2 Å². The second kappa shape index (κ2) is 13.6. The summed E-state index contributed by atoms with van der Waals surface area (Å²) in [6, 6.07) is 13.6. The van der Waals surface area contributed by atoms with Gasteiger partial charge < -0.3 is 29.9 Å². The first-order valence-electron chi connectivity index (χ1n) is 12.5. The van der Waals surface area contributed by atoms with E-state index in [4.69, 9.17) is 9.47 Å². The van der Waals surface area contributed by atoms with Gasteiger partial charge in [-0.2, -0.15) is 0 Å². The molecular weight excluding hydrogens is 444 g/mol. The van der Waals surface area contributed by atoms with Gasteiger partial charge in [0.15, 0.2) is 0 Å². The summed E-state index contributed by atoms with van der Waals surface area (Å²) in [6.45, 7) is 8.89. The van der Waals surface area contributed by atoms with Gasteiger partial charge in [-0.1, -0.05) is 19.1 Å². The number of nitrogens with zero attached hydrogens (tertiary/aromatic N) is 2. The molecule has 1 heterocycles. The maximum atomic E-state index is 13.2. The number of amides is 2. The monoisotopic (exact) mass is 482 g/mol. The van der Waals surface area contributed by atoms with Crippen molar-refractivity contribution in [1.29, 1.82) is 0 Å². The number of carbonyl (C=O) groups is 2. The van der Waals surface area contributed by atoms with Crippen molar-refractivity contribution in [3.8, 4) is 5.75 Å². The number of para-hydroxylation sites is 2. The highest BCUT2D eigenvalue weighted by Gasteiger charge is 2.23. The molecule has 2 aromatic rings. The van der Waals surface area contributed by atoms with Crippen molar-refractivity contribution in [2.75, 3.05) is 68.2 Å². The number of rotatable bonds is 12. The van der Waals surface area contributed by atoms with E-state index in [0.717, 1.165) is 56.1 Å². The Morgan fingerprint density at radius 3 is 2.37 bits per heavy atom. The summed E-state index contributed by atoms with van der Waals surface area (Å²) in [5.41, 5.74) is 3.16. The van der Waals surface area contributed by atoms with E-state index in [2.05, 4.69) is 26.5 Å². The van der Waals surface area contributed by atoms with Gasteiger partial charge in [-0.05, 0) is 50.1 Å². The predicted octanol–water partition coefficient (Wildman–Crippen LogP) is 3.92. The summed E-state index contributed by atoms with van der Waals surface area (Å²) in [5, 5.41) is 5.92. The molecule has 35 heavy (non-hydrogen) atoms. The molecule has 0 saturated carbocycles. The summed E-state index contributed by atoms with van der Waals surface area (Å²) in [7, 11) is 1.69. The summed E-state index contributed by atoms with van der Waals surface area (Å²) in [4.78, 5) is 29.8. The van der Waals surface area contributed by atoms with Gasteiger partial charge in [-0.25, -0.2) is 0 Å². The molecule has 1 aliphatic rings. The highest BCUT2D eigenvalue weighted by atomic mass is 16.5. The van der Waals surface area contributed by atoms with Crippen LogP contribution in [0.5, 0.6) is 5.75 Å². The maximum Gasteiger partial charge on any atom is 0.253 e. The van der Waals surface area contributed by atoms with E-state index in [1.165, 1.54) is 0 Å². The molecule has 0 spiro atoms. The van der Waals surface area contributed by atoms with Gasteiger partial charge in [-0.15, -0.1) is 0 Å². The first-order valence-corrected chi connectivity index (χ1v) is 12.5. The van der Waals surface area contributed by atoms with Crippen LogP contribution in [-0.2, 0) is 9.53 Å². The van der Waals surface area contributed by atoms with Crippen molar-refractivity contribution in [3.63, 3.8) is 0 Å². The molecular formula is C27H38N4O4. The van der Waals surface area contributed by atoms with Crippen LogP contribution in [0.4, 0.5) is 17.1 Å². The van der Waals surface area contributed by atoms with E-state index >= 15 is 0 Å². The van der Waals surface area contributed by atoms with Gasteiger partial charge in [0.2, 0.25) is 5.91 Å². The number of benzene rings is 2. The Bertz CT molecular complexity index is 973. The van der Waals surface area contributed by atoms with Crippen LogP contribution >= 0.6 is 0 Å². The molecule has 0 atom stereocenters. The third-order valence-corrected chi connectivity index (χ3v) is 6.00. The van der Waals surface area contributed by atoms with Crippen molar-refractivity contribution < 1.29 is 19.1 Å². The molecule has 8 nitrogen and oxygen atoms in total. The smallest absolute Gasteiger partial charge is 0.253 e. The first kappa shape index (κ1) is 26.3. The molecule has 190 valence electrons. The normalized spacial score (nSPS) is 13.5. The lowest BCUT2D eigenvalue weighted by atomic mass is 10.1. The van der Waals surface area contributed by atoms with Crippen molar-refractivity contribution in [2.24, 2.45) is 0 Å². The Morgan fingerprint density at radius 2 is 1.69 bits per heavy atom. The zero-order valence-corrected chi connectivity index (χ0v) is 21.1. The molecule has 0 unspecified atom stereocenters. The van der Waals surface area contributed by atoms with Gasteiger partial charge in [0.25, 0.3) is 5.91 Å². The molecule has 8 heteroatoms. The summed E-state index contributed by atoms with van der Waals surface area (Å²) >= 11 is 0. The number of ether oxygens (including phenoxy) is 2. The Labute approximate surface area is 208 Å². The first-order chi connectivity index (χ1) is 17.1. The lowest BCUT2D eigenvalue weighted by Crippen LogP contribution is -2.47. The van der Waals surface area contributed by atoms with E-state index in [0.29, 0.717) is 37.4 Å². The number of piperazine rings is 1. The molecule has 1 saturated heterocycles. The van der Waals surface area contributed by atoms with E-state index in [9.17, 15) is 9.59 Å². The Kier molecular flexibility index (Phi) is 10.2. The van der Waals surface area contributed by atoms with Gasteiger partial charge in [0, 0.05) is 63.7 Å². The fraction of sp³-hybridized carbons (Fsp3) is 0.481. The Morgan fingerprint density at radius 1 is 0.971 bits per heavy atom. The van der Waals surface area contributed by atoms with Crippen LogP contribution in [0.25, 0.3) is 0 Å². The van der Waals surface area contributed by atoms with E-state index in [-0.39, 0.29) is 11.8 Å². The minimum absolute atomic E-state index is 0.0475. The number of anilines is 3. The predicted molar refractivity (Wildman–Crippen MR) is 141 cm³/mol. The van der Waals surface area contributed by atoms with Gasteiger partial charge >= 0.3 is 0 Å². The number of nitrogens with one attached hydrogen (secondary N) is 2. The zero-order valence-electron chi connectivity index (χ0n) is 21.1. The van der Waals surface area contributed by atoms with Crippen molar-refractivity contribution in [1.82, 2.24) is 5.32 Å². The number of carbonyl (C=O) groups excluding carboxylic acids is 2. The second-order valence-corrected chi connectivity index (χ2v) is 8.48. The summed E-state index contributed by atoms with van der Waals surface area (Å²) < 4.78 is 10.9. The molecule has 0 radical (unpaired) electrons. The fourth-order valence-corrected chi connectivity index (χ4v) is 4.22. The van der Waals surface area contributed by atoms with Crippen molar-refractivity contribution >= 4 is 28.9 Å². The van der Waals surface area contributed by atoms with Gasteiger partial charge in [0.1, 0.15) is 5.75 Å². The van der Waals surface area contributed by atoms with Crippen LogP contribution < -0.4 is 25.2 Å². The molecule has 2 N–H and O–H groups in total. The van der Waals surface area contributed by atoms with E-state index < -0.39 is 0 Å². The van der Waals surface area contributed by atoms with E-state index in [1.807, 2.05) is 44.2 Å². The average molecular weight is 483 g/mol. The molecule has 3 rings (SSSR count). The second-order valence-electron chi connectivity index (χ2n) is 8.48. The van der Waals surface area contributed by atoms with Crippen molar-refractivity contribution in [2.45, 2.75) is 33.1 Å². The zero-order chi connectivity index (χ0) is 25.0. The molecule has 2 amide bonds. The largest absolute Gasteiger partial charge is 0.495 e. The Hall–Kier alpha value is -3.26. The molecule has 1 aliphatic heterocycles. The Balaban J connectivity index is 1.74. The van der Waals surface area contributed by atoms with Crippen LogP contribution in [0, 0.1) is 0 Å². The van der Waals surface area contributed by atoms with Crippen molar-refractivity contribution in [3.05, 3.63) is 48.0 Å². The van der Waals surface area contributed by atoms with Crippen LogP contribution in [0.1, 0.15) is 43.5 Å². The number of hydrogen-bond acceptors (Lipinski definition) is 6. The molecule has 0 aliphatic carbocycles. The van der Waals surface area contributed by atoms with Crippen LogP contribution in [-0.4, -0.2) is 64.9 Å². The third-order valence-electron chi connectivity index (χ3n) is 6.00. The van der Waals surface area contributed by atoms with Gasteiger partial charge in [-0.3, -0.25) is 9.59 Å². The maximum absolute atomic E-state index is 13.2. The lowest BCUT2D eigenvalue weighted by molar-refractivity contribution is -0.116. The fourth-order valence-electron chi connectivity index (χ4n) is 4.22. The van der Waals surface area contributed by atoms with Crippen LogP contribution in [0.15, 0.2) is 42.5 Å². The summed E-state index contributed by atoms with van der Waals surface area (Å²) in [5.74, 6) is 0.671. The highest BCUT2D eigenvalue weighted by molar-refractivity contribution is 6.02. The molecule has 0 bridgehead atoms. The van der Waals surface area contributed by atoms with Gasteiger partial charge in [0.05, 0.1) is 18.4 Å². The number of hydrogen-bond donors (Lipinski definition) is 2. The molecule has 2 aromatic carbocycles. The quantitative estimate of drug-likeness (QED) is 0.446. The highest BCUT2D eigenvalue weighted by Crippen LogP contribution is 2.31. The minimum atomic E-state index is -0.143. The van der Waals surface area contributed by atoms with Crippen LogP contribution in [0.2, 0.25) is 0 Å². The molecule has 1 fully saturated rings. The minimum Gasteiger partial charge on any atom is -0.495 e. The summed E-state index contributed by atoms with van der Waals surface area (Å²) in [6.07, 6.45) is 1.97. The average Bonchev–Trinajstić information content (AvgIpc) is 2.88. The molecule has 0 aromatic heterocycles. The van der Waals surface area contributed by atoms with Crippen LogP contribution in [0.3, 0.4) is 0 Å². The third kappa shape index (κ3) is 7.36. The lowest BCUT2D eigenvalue weighted by Gasteiger charge is -2.38. The topological polar surface area (TPSA) is 83.1 Å². The SMILES string of the molecule is CCCC(=O)Nc1ccc(N2CCN(c3ccccc3OC)CC2)c(C(=O)NCCCOCC)c1. The standard InChI is InChI=1S/C27H38N4O4/c1-4-9-26(32)29-21-12-13-23(22(20-21)27(33)28-14-8-19-35-5-2)30-15-17-31(18-16-30)24-10-6-7-11-25(24)34-3/h6-7,10-13,20H,4-5,8-9,14-19H2,1-3H3,(H,28,33)(H,29,32).